The van der Waals surface area contributed by atoms with Crippen molar-refractivity contribution in [3.8, 4) is 0 Å². The molecule has 27 heavy (non-hydrogen) atoms. The molecule has 3 rings (SSSR count). The molecule has 0 aliphatic carbocycles. The second-order valence-electron chi connectivity index (χ2n) is 7.73. The second-order valence-corrected chi connectivity index (χ2v) is 9.96. The van der Waals surface area contributed by atoms with Crippen LogP contribution in [0.5, 0.6) is 0 Å². The topological polar surface area (TPSA) is 73.8 Å². The Labute approximate surface area is 163 Å². The molecule has 1 aromatic rings. The van der Waals surface area contributed by atoms with Gasteiger partial charge in [0.2, 0.25) is 0 Å². The molecule has 2 heterocycles. The SMILES string of the molecule is CN=C(NCc1ccc(CN2CCCCC2)cc1)NCC1CCS(=O)(=O)C1. The molecule has 0 amide bonds. The largest absolute Gasteiger partial charge is 0.356 e. The van der Waals surface area contributed by atoms with Crippen LogP contribution in [-0.2, 0) is 22.9 Å². The summed E-state index contributed by atoms with van der Waals surface area (Å²) in [5.41, 5.74) is 2.58. The third kappa shape index (κ3) is 6.50. The smallest absolute Gasteiger partial charge is 0.191 e. The highest BCUT2D eigenvalue weighted by Gasteiger charge is 2.27. The maximum Gasteiger partial charge on any atom is 0.191 e. The first kappa shape index (κ1) is 20.1. The zero-order valence-corrected chi connectivity index (χ0v) is 17.1. The summed E-state index contributed by atoms with van der Waals surface area (Å²) >= 11 is 0. The van der Waals surface area contributed by atoms with Crippen molar-refractivity contribution in [2.75, 3.05) is 38.2 Å². The Morgan fingerprint density at radius 2 is 1.81 bits per heavy atom. The van der Waals surface area contributed by atoms with Crippen LogP contribution < -0.4 is 10.6 Å². The van der Waals surface area contributed by atoms with Gasteiger partial charge in [0.05, 0.1) is 11.5 Å². The van der Waals surface area contributed by atoms with Crippen LogP contribution >= 0.6 is 0 Å². The highest BCUT2D eigenvalue weighted by atomic mass is 32.2. The predicted octanol–water partition coefficient (Wildman–Crippen LogP) is 1.77. The van der Waals surface area contributed by atoms with Gasteiger partial charge in [-0.05, 0) is 49.4 Å². The molecular weight excluding hydrogens is 360 g/mol. The monoisotopic (exact) mass is 392 g/mol. The molecule has 150 valence electrons. The van der Waals surface area contributed by atoms with E-state index in [9.17, 15) is 8.42 Å². The van der Waals surface area contributed by atoms with Crippen LogP contribution in [0.15, 0.2) is 29.3 Å². The van der Waals surface area contributed by atoms with Gasteiger partial charge in [0.15, 0.2) is 15.8 Å². The minimum Gasteiger partial charge on any atom is -0.356 e. The number of aliphatic imine (C=N–C) groups is 1. The maximum atomic E-state index is 11.5. The molecule has 1 atom stereocenters. The van der Waals surface area contributed by atoms with Gasteiger partial charge in [0.25, 0.3) is 0 Å². The number of guanidine groups is 1. The van der Waals surface area contributed by atoms with E-state index in [1.165, 1.54) is 43.5 Å². The molecule has 2 fully saturated rings. The van der Waals surface area contributed by atoms with Crippen molar-refractivity contribution in [1.82, 2.24) is 15.5 Å². The van der Waals surface area contributed by atoms with Crippen molar-refractivity contribution in [3.63, 3.8) is 0 Å². The molecule has 1 unspecified atom stereocenters. The van der Waals surface area contributed by atoms with Gasteiger partial charge in [-0.3, -0.25) is 9.89 Å². The number of nitrogens with zero attached hydrogens (tertiary/aromatic N) is 2. The van der Waals surface area contributed by atoms with Crippen LogP contribution in [0, 0.1) is 5.92 Å². The lowest BCUT2D eigenvalue weighted by atomic mass is 10.1. The molecule has 2 aliphatic heterocycles. The van der Waals surface area contributed by atoms with Gasteiger partial charge < -0.3 is 10.6 Å². The molecule has 2 saturated heterocycles. The average Bonchev–Trinajstić information content (AvgIpc) is 3.03. The second kappa shape index (κ2) is 9.55. The van der Waals surface area contributed by atoms with Gasteiger partial charge in [0.1, 0.15) is 0 Å². The minimum atomic E-state index is -2.82. The van der Waals surface area contributed by atoms with Crippen molar-refractivity contribution in [2.45, 2.75) is 38.8 Å². The Balaban J connectivity index is 1.41. The first-order valence-corrected chi connectivity index (χ1v) is 11.8. The normalized spacial score (nSPS) is 23.3. The fraction of sp³-hybridized carbons (Fsp3) is 0.650. The number of piperidine rings is 1. The van der Waals surface area contributed by atoms with Crippen molar-refractivity contribution in [3.05, 3.63) is 35.4 Å². The molecule has 1 aromatic carbocycles. The number of rotatable bonds is 6. The molecule has 0 spiro atoms. The summed E-state index contributed by atoms with van der Waals surface area (Å²) in [5, 5.41) is 6.56. The van der Waals surface area contributed by atoms with E-state index in [1.807, 2.05) is 0 Å². The standard InChI is InChI=1S/C20H32N4O2S/c1-21-20(23-14-19-9-12-27(25,26)16-19)22-13-17-5-7-18(8-6-17)15-24-10-3-2-4-11-24/h5-8,19H,2-4,9-16H2,1H3,(H2,21,22,23). The average molecular weight is 393 g/mol. The lowest BCUT2D eigenvalue weighted by Crippen LogP contribution is -2.39. The Kier molecular flexibility index (Phi) is 7.13. The summed E-state index contributed by atoms with van der Waals surface area (Å²) in [6.07, 6.45) is 4.75. The van der Waals surface area contributed by atoms with Gasteiger partial charge in [-0.1, -0.05) is 30.7 Å². The van der Waals surface area contributed by atoms with E-state index in [4.69, 9.17) is 0 Å². The zero-order chi connectivity index (χ0) is 19.1. The summed E-state index contributed by atoms with van der Waals surface area (Å²) in [7, 11) is -1.09. The highest BCUT2D eigenvalue weighted by Crippen LogP contribution is 2.17. The quantitative estimate of drug-likeness (QED) is 0.570. The molecular formula is C20H32N4O2S. The number of nitrogens with one attached hydrogen (secondary N) is 2. The maximum absolute atomic E-state index is 11.5. The van der Waals surface area contributed by atoms with Gasteiger partial charge >= 0.3 is 0 Å². The molecule has 0 radical (unpaired) electrons. The van der Waals surface area contributed by atoms with Gasteiger partial charge in [-0.25, -0.2) is 8.42 Å². The molecule has 6 nitrogen and oxygen atoms in total. The number of likely N-dealkylation sites (tertiary alicyclic amines) is 1. The zero-order valence-electron chi connectivity index (χ0n) is 16.3. The number of hydrogen-bond donors (Lipinski definition) is 2. The van der Waals surface area contributed by atoms with Gasteiger partial charge in [-0.2, -0.15) is 0 Å². The third-order valence-corrected chi connectivity index (χ3v) is 7.28. The van der Waals surface area contributed by atoms with E-state index in [1.54, 1.807) is 7.05 Å². The molecule has 2 N–H and O–H groups in total. The van der Waals surface area contributed by atoms with Crippen molar-refractivity contribution >= 4 is 15.8 Å². The van der Waals surface area contributed by atoms with E-state index in [2.05, 4.69) is 44.8 Å². The number of benzene rings is 1. The first-order valence-electron chi connectivity index (χ1n) is 9.99. The number of hydrogen-bond acceptors (Lipinski definition) is 4. The molecule has 7 heteroatoms. The van der Waals surface area contributed by atoms with Crippen LogP contribution in [0.3, 0.4) is 0 Å². The summed E-state index contributed by atoms with van der Waals surface area (Å²) in [6, 6.07) is 8.77. The Morgan fingerprint density at radius 1 is 1.11 bits per heavy atom. The van der Waals surface area contributed by atoms with Gasteiger partial charge in [0, 0.05) is 26.7 Å². The molecule has 2 aliphatic rings. The van der Waals surface area contributed by atoms with E-state index in [0.29, 0.717) is 18.8 Å². The van der Waals surface area contributed by atoms with Crippen molar-refractivity contribution in [1.29, 1.82) is 0 Å². The van der Waals surface area contributed by atoms with Crippen LogP contribution in [-0.4, -0.2) is 57.5 Å². The van der Waals surface area contributed by atoms with Crippen LogP contribution in [0.4, 0.5) is 0 Å². The predicted molar refractivity (Wildman–Crippen MR) is 111 cm³/mol. The summed E-state index contributed by atoms with van der Waals surface area (Å²) in [4.78, 5) is 6.77. The summed E-state index contributed by atoms with van der Waals surface area (Å²) in [6.45, 7) is 4.82. The lowest BCUT2D eigenvalue weighted by molar-refractivity contribution is 0.221. The number of sulfone groups is 1. The Morgan fingerprint density at radius 3 is 2.44 bits per heavy atom. The first-order chi connectivity index (χ1) is 13.0. The van der Waals surface area contributed by atoms with Crippen molar-refractivity contribution < 1.29 is 8.42 Å². The van der Waals surface area contributed by atoms with Crippen LogP contribution in [0.1, 0.15) is 36.8 Å². The van der Waals surface area contributed by atoms with E-state index in [-0.39, 0.29) is 11.7 Å². The summed E-state index contributed by atoms with van der Waals surface area (Å²) < 4.78 is 23.1. The third-order valence-electron chi connectivity index (χ3n) is 5.45. The fourth-order valence-electron chi connectivity index (χ4n) is 3.82. The van der Waals surface area contributed by atoms with Crippen LogP contribution in [0.2, 0.25) is 0 Å². The molecule has 0 aromatic heterocycles. The Bertz CT molecular complexity index is 725. The van der Waals surface area contributed by atoms with E-state index >= 15 is 0 Å². The fourth-order valence-corrected chi connectivity index (χ4v) is 5.68. The highest BCUT2D eigenvalue weighted by molar-refractivity contribution is 7.91. The molecule has 0 saturated carbocycles. The summed E-state index contributed by atoms with van der Waals surface area (Å²) in [5.74, 6) is 1.50. The van der Waals surface area contributed by atoms with Crippen LogP contribution in [0.25, 0.3) is 0 Å². The van der Waals surface area contributed by atoms with Crippen molar-refractivity contribution in [2.24, 2.45) is 10.9 Å². The minimum absolute atomic E-state index is 0.183. The van der Waals surface area contributed by atoms with E-state index in [0.717, 1.165) is 18.9 Å². The van der Waals surface area contributed by atoms with E-state index < -0.39 is 9.84 Å². The molecule has 0 bridgehead atoms. The Hall–Kier alpha value is -1.60. The van der Waals surface area contributed by atoms with Gasteiger partial charge in [-0.15, -0.1) is 0 Å². The lowest BCUT2D eigenvalue weighted by Gasteiger charge is -2.26.